The zero-order chi connectivity index (χ0) is 22.6. The summed E-state index contributed by atoms with van der Waals surface area (Å²) in [4.78, 5) is 28.8. The largest absolute Gasteiger partial charge is 0.305 e. The quantitative estimate of drug-likeness (QED) is 0.552. The Bertz CT molecular complexity index is 1230. The van der Waals surface area contributed by atoms with E-state index in [1.807, 2.05) is 0 Å². The number of pyridine rings is 1. The number of rotatable bonds is 8. The van der Waals surface area contributed by atoms with E-state index in [2.05, 4.69) is 10.3 Å². The molecule has 0 fully saturated rings. The van der Waals surface area contributed by atoms with Crippen LogP contribution in [0.25, 0.3) is 11.3 Å². The van der Waals surface area contributed by atoms with Gasteiger partial charge >= 0.3 is 0 Å². The van der Waals surface area contributed by atoms with E-state index in [9.17, 15) is 22.4 Å². The molecule has 31 heavy (non-hydrogen) atoms. The standard InChI is InChI=1S/C20H21FN4O4S2/c1-3-25(4-2)31(28,29)16-9-10-19(27)24(11-16)12-18(26)23-20-22-17(13-30-20)14-5-7-15(21)8-6-14/h5-11,13H,3-4,12H2,1-2H3,(H,22,23,26). The van der Waals surface area contributed by atoms with Crippen LogP contribution in [0, 0.1) is 5.82 Å². The first-order valence-electron chi connectivity index (χ1n) is 9.46. The van der Waals surface area contributed by atoms with E-state index in [0.717, 1.165) is 10.6 Å². The fraction of sp³-hybridized carbons (Fsp3) is 0.250. The molecule has 164 valence electrons. The Hall–Kier alpha value is -2.89. The van der Waals surface area contributed by atoms with Crippen molar-refractivity contribution in [3.8, 4) is 11.3 Å². The lowest BCUT2D eigenvalue weighted by Gasteiger charge is -2.18. The number of halogens is 1. The fourth-order valence-electron chi connectivity index (χ4n) is 2.90. The highest BCUT2D eigenvalue weighted by atomic mass is 32.2. The minimum atomic E-state index is -3.76. The van der Waals surface area contributed by atoms with Crippen LogP contribution in [0.3, 0.4) is 0 Å². The zero-order valence-electron chi connectivity index (χ0n) is 16.9. The normalized spacial score (nSPS) is 11.6. The van der Waals surface area contributed by atoms with E-state index in [1.54, 1.807) is 31.4 Å². The smallest absolute Gasteiger partial charge is 0.251 e. The summed E-state index contributed by atoms with van der Waals surface area (Å²) < 4.78 is 40.7. The van der Waals surface area contributed by atoms with Crippen molar-refractivity contribution in [2.24, 2.45) is 0 Å². The van der Waals surface area contributed by atoms with Crippen LogP contribution >= 0.6 is 11.3 Å². The highest BCUT2D eigenvalue weighted by Crippen LogP contribution is 2.25. The van der Waals surface area contributed by atoms with Crippen LogP contribution in [0.1, 0.15) is 13.8 Å². The number of aromatic nitrogens is 2. The van der Waals surface area contributed by atoms with Crippen LogP contribution in [0.2, 0.25) is 0 Å². The summed E-state index contributed by atoms with van der Waals surface area (Å²) in [5.41, 5.74) is 0.772. The van der Waals surface area contributed by atoms with E-state index in [1.165, 1.54) is 40.0 Å². The Morgan fingerprint density at radius 3 is 2.48 bits per heavy atom. The third-order valence-electron chi connectivity index (χ3n) is 4.50. The molecule has 2 aromatic heterocycles. The average molecular weight is 465 g/mol. The fourth-order valence-corrected chi connectivity index (χ4v) is 5.11. The van der Waals surface area contributed by atoms with Gasteiger partial charge in [0.1, 0.15) is 12.4 Å². The molecular weight excluding hydrogens is 443 g/mol. The first kappa shape index (κ1) is 22.8. The van der Waals surface area contributed by atoms with Gasteiger partial charge in [0, 0.05) is 36.3 Å². The molecule has 1 N–H and O–H groups in total. The second-order valence-corrected chi connectivity index (χ2v) is 9.31. The Labute approximate surface area is 183 Å². The van der Waals surface area contributed by atoms with Crippen LogP contribution in [0.15, 0.2) is 57.7 Å². The lowest BCUT2D eigenvalue weighted by atomic mass is 10.2. The number of nitrogens with zero attached hydrogens (tertiary/aromatic N) is 3. The molecule has 0 atom stereocenters. The van der Waals surface area contributed by atoms with Crippen LogP contribution in [-0.2, 0) is 21.4 Å². The molecular formula is C20H21FN4O4S2. The summed E-state index contributed by atoms with van der Waals surface area (Å²) >= 11 is 1.18. The average Bonchev–Trinajstić information content (AvgIpc) is 3.19. The molecule has 1 aromatic carbocycles. The van der Waals surface area contributed by atoms with Gasteiger partial charge in [0.25, 0.3) is 5.56 Å². The van der Waals surface area contributed by atoms with Crippen molar-refractivity contribution < 1.29 is 17.6 Å². The third kappa shape index (κ3) is 5.24. The molecule has 0 unspecified atom stereocenters. The van der Waals surface area contributed by atoms with Gasteiger partial charge in [-0.3, -0.25) is 9.59 Å². The topological polar surface area (TPSA) is 101 Å². The molecule has 0 aliphatic rings. The predicted molar refractivity (Wildman–Crippen MR) is 117 cm³/mol. The molecule has 0 saturated heterocycles. The third-order valence-corrected chi connectivity index (χ3v) is 7.30. The molecule has 0 spiro atoms. The Morgan fingerprint density at radius 1 is 1.16 bits per heavy atom. The number of nitrogens with one attached hydrogen (secondary N) is 1. The summed E-state index contributed by atoms with van der Waals surface area (Å²) in [5, 5.41) is 4.62. The highest BCUT2D eigenvalue weighted by Gasteiger charge is 2.22. The summed E-state index contributed by atoms with van der Waals surface area (Å²) in [6, 6.07) is 8.16. The van der Waals surface area contributed by atoms with Crippen LogP contribution < -0.4 is 10.9 Å². The molecule has 8 nitrogen and oxygen atoms in total. The number of benzene rings is 1. The van der Waals surface area contributed by atoms with Crippen molar-refractivity contribution in [2.45, 2.75) is 25.3 Å². The van der Waals surface area contributed by atoms with Gasteiger partial charge in [0.2, 0.25) is 15.9 Å². The lowest BCUT2D eigenvalue weighted by Crippen LogP contribution is -2.33. The number of carbonyl (C=O) groups excluding carboxylic acids is 1. The molecule has 0 aliphatic heterocycles. The lowest BCUT2D eigenvalue weighted by molar-refractivity contribution is -0.116. The van der Waals surface area contributed by atoms with Gasteiger partial charge in [-0.25, -0.2) is 17.8 Å². The molecule has 0 aliphatic carbocycles. The van der Waals surface area contributed by atoms with Gasteiger partial charge in [-0.2, -0.15) is 4.31 Å². The predicted octanol–water partition coefficient (Wildman–Crippen LogP) is 2.78. The Balaban J connectivity index is 1.75. The highest BCUT2D eigenvalue weighted by molar-refractivity contribution is 7.89. The summed E-state index contributed by atoms with van der Waals surface area (Å²) in [5.74, 6) is -0.886. The van der Waals surface area contributed by atoms with Crippen molar-refractivity contribution in [1.82, 2.24) is 13.9 Å². The van der Waals surface area contributed by atoms with Crippen LogP contribution in [0.5, 0.6) is 0 Å². The molecule has 0 bridgehead atoms. The van der Waals surface area contributed by atoms with Crippen molar-refractivity contribution >= 4 is 32.4 Å². The number of hydrogen-bond acceptors (Lipinski definition) is 6. The number of sulfonamides is 1. The van der Waals surface area contributed by atoms with Gasteiger partial charge in [-0.05, 0) is 30.3 Å². The van der Waals surface area contributed by atoms with E-state index >= 15 is 0 Å². The molecule has 2 heterocycles. The monoisotopic (exact) mass is 464 g/mol. The maximum Gasteiger partial charge on any atom is 0.251 e. The molecule has 0 saturated carbocycles. The van der Waals surface area contributed by atoms with E-state index < -0.39 is 21.5 Å². The molecule has 11 heteroatoms. The van der Waals surface area contributed by atoms with Gasteiger partial charge in [-0.15, -0.1) is 11.3 Å². The minimum absolute atomic E-state index is 0.0588. The molecule has 3 aromatic rings. The number of carbonyl (C=O) groups is 1. The summed E-state index contributed by atoms with van der Waals surface area (Å²) in [7, 11) is -3.76. The van der Waals surface area contributed by atoms with Crippen molar-refractivity contribution in [3.63, 3.8) is 0 Å². The van der Waals surface area contributed by atoms with E-state index in [0.29, 0.717) is 29.5 Å². The number of thiazole rings is 1. The van der Waals surface area contributed by atoms with E-state index in [-0.39, 0.29) is 17.3 Å². The summed E-state index contributed by atoms with van der Waals surface area (Å²) in [6.07, 6.45) is 1.17. The van der Waals surface area contributed by atoms with Crippen molar-refractivity contribution in [2.75, 3.05) is 18.4 Å². The van der Waals surface area contributed by atoms with Crippen molar-refractivity contribution in [1.29, 1.82) is 0 Å². The van der Waals surface area contributed by atoms with Crippen LogP contribution in [0.4, 0.5) is 9.52 Å². The Morgan fingerprint density at radius 2 is 1.84 bits per heavy atom. The second kappa shape index (κ2) is 9.50. The van der Waals surface area contributed by atoms with Gasteiger partial charge in [0.05, 0.1) is 10.6 Å². The van der Waals surface area contributed by atoms with Gasteiger partial charge in [0.15, 0.2) is 5.13 Å². The minimum Gasteiger partial charge on any atom is -0.305 e. The van der Waals surface area contributed by atoms with Gasteiger partial charge in [-0.1, -0.05) is 13.8 Å². The van der Waals surface area contributed by atoms with Crippen molar-refractivity contribution in [3.05, 3.63) is 64.1 Å². The first-order valence-corrected chi connectivity index (χ1v) is 11.8. The zero-order valence-corrected chi connectivity index (χ0v) is 18.5. The number of hydrogen-bond donors (Lipinski definition) is 1. The molecule has 1 amide bonds. The SMILES string of the molecule is CCN(CC)S(=O)(=O)c1ccc(=O)n(CC(=O)Nc2nc(-c3ccc(F)cc3)cs2)c1. The number of anilines is 1. The maximum atomic E-state index is 13.1. The Kier molecular flexibility index (Phi) is 6.98. The molecule has 0 radical (unpaired) electrons. The second-order valence-electron chi connectivity index (χ2n) is 6.51. The number of amides is 1. The maximum absolute atomic E-state index is 13.1. The van der Waals surface area contributed by atoms with Gasteiger partial charge < -0.3 is 9.88 Å². The first-order chi connectivity index (χ1) is 14.7. The summed E-state index contributed by atoms with van der Waals surface area (Å²) in [6.45, 7) is 3.65. The van der Waals surface area contributed by atoms with Crippen LogP contribution in [-0.4, -0.2) is 41.3 Å². The molecule has 3 rings (SSSR count). The van der Waals surface area contributed by atoms with E-state index in [4.69, 9.17) is 0 Å².